The first kappa shape index (κ1) is 12.6. The summed E-state index contributed by atoms with van der Waals surface area (Å²) in [5.74, 6) is -0.922. The van der Waals surface area contributed by atoms with E-state index in [1.54, 1.807) is 17.4 Å². The van der Waals surface area contributed by atoms with Crippen molar-refractivity contribution in [1.29, 1.82) is 0 Å². The van der Waals surface area contributed by atoms with Crippen molar-refractivity contribution in [2.45, 2.75) is 25.3 Å². The standard InChI is InChI=1S/C14H15FN2OS/c1-16-10-3-2-4-11-13(10)19-14(17-11)8-5-6-12(18)9(15)7-8/h5-7,10,16,18H,2-4H2,1H3. The van der Waals surface area contributed by atoms with Crippen LogP contribution in [0.3, 0.4) is 0 Å². The van der Waals surface area contributed by atoms with Crippen LogP contribution in [0.2, 0.25) is 0 Å². The summed E-state index contributed by atoms with van der Waals surface area (Å²) in [5, 5.41) is 13.4. The molecule has 0 fully saturated rings. The maximum atomic E-state index is 13.4. The van der Waals surface area contributed by atoms with Crippen LogP contribution in [0, 0.1) is 5.82 Å². The van der Waals surface area contributed by atoms with Gasteiger partial charge >= 0.3 is 0 Å². The molecule has 0 bridgehead atoms. The summed E-state index contributed by atoms with van der Waals surface area (Å²) in [6.07, 6.45) is 3.24. The summed E-state index contributed by atoms with van der Waals surface area (Å²) in [5.41, 5.74) is 1.85. The van der Waals surface area contributed by atoms with Gasteiger partial charge in [0.15, 0.2) is 11.6 Å². The molecule has 1 aromatic carbocycles. The van der Waals surface area contributed by atoms with Crippen LogP contribution in [-0.2, 0) is 6.42 Å². The summed E-state index contributed by atoms with van der Waals surface area (Å²) in [6, 6.07) is 4.78. The Bertz CT molecular complexity index is 611. The quantitative estimate of drug-likeness (QED) is 0.886. The Morgan fingerprint density at radius 1 is 1.47 bits per heavy atom. The number of phenols is 1. The minimum Gasteiger partial charge on any atom is -0.505 e. The molecule has 1 unspecified atom stereocenters. The van der Waals surface area contributed by atoms with Crippen LogP contribution in [0.25, 0.3) is 10.6 Å². The summed E-state index contributed by atoms with van der Waals surface area (Å²) in [6.45, 7) is 0. The van der Waals surface area contributed by atoms with Crippen LogP contribution >= 0.6 is 11.3 Å². The molecule has 2 aromatic rings. The lowest BCUT2D eigenvalue weighted by Gasteiger charge is -2.19. The summed E-state index contributed by atoms with van der Waals surface area (Å²) in [4.78, 5) is 5.88. The van der Waals surface area contributed by atoms with Gasteiger partial charge in [-0.1, -0.05) is 0 Å². The van der Waals surface area contributed by atoms with E-state index in [0.29, 0.717) is 6.04 Å². The van der Waals surface area contributed by atoms with Crippen molar-refractivity contribution in [1.82, 2.24) is 10.3 Å². The summed E-state index contributed by atoms with van der Waals surface area (Å²) < 4.78 is 13.4. The molecule has 1 aromatic heterocycles. The second-order valence-electron chi connectivity index (χ2n) is 4.73. The van der Waals surface area contributed by atoms with Crippen molar-refractivity contribution in [2.24, 2.45) is 0 Å². The van der Waals surface area contributed by atoms with Crippen molar-refractivity contribution in [3.63, 3.8) is 0 Å². The second-order valence-corrected chi connectivity index (χ2v) is 5.76. The van der Waals surface area contributed by atoms with Crippen LogP contribution < -0.4 is 5.32 Å². The third-order valence-electron chi connectivity index (χ3n) is 3.49. The van der Waals surface area contributed by atoms with Gasteiger partial charge in [0.25, 0.3) is 0 Å². The summed E-state index contributed by atoms with van der Waals surface area (Å²) >= 11 is 1.61. The van der Waals surface area contributed by atoms with Crippen molar-refractivity contribution in [3.8, 4) is 16.3 Å². The smallest absolute Gasteiger partial charge is 0.165 e. The Hall–Kier alpha value is -1.46. The molecule has 1 heterocycles. The molecule has 5 heteroatoms. The third-order valence-corrected chi connectivity index (χ3v) is 4.75. The Kier molecular flexibility index (Phi) is 3.24. The largest absolute Gasteiger partial charge is 0.505 e. The molecule has 0 aliphatic heterocycles. The fraction of sp³-hybridized carbons (Fsp3) is 0.357. The molecule has 1 aliphatic carbocycles. The zero-order valence-electron chi connectivity index (χ0n) is 10.6. The van der Waals surface area contributed by atoms with E-state index in [9.17, 15) is 9.50 Å². The summed E-state index contributed by atoms with van der Waals surface area (Å²) in [7, 11) is 1.96. The first-order valence-electron chi connectivity index (χ1n) is 6.35. The molecule has 100 valence electrons. The number of hydrogen-bond acceptors (Lipinski definition) is 4. The zero-order chi connectivity index (χ0) is 13.4. The number of aryl methyl sites for hydroxylation is 1. The van der Waals surface area contributed by atoms with Gasteiger partial charge in [-0.05, 0) is 44.5 Å². The normalized spacial score (nSPS) is 18.3. The number of rotatable bonds is 2. The number of halogens is 1. The average molecular weight is 278 g/mol. The monoisotopic (exact) mass is 278 g/mol. The molecule has 1 atom stereocenters. The molecule has 0 spiro atoms. The Labute approximate surface area is 115 Å². The molecule has 2 N–H and O–H groups in total. The molecule has 0 saturated heterocycles. The van der Waals surface area contributed by atoms with Gasteiger partial charge in [-0.15, -0.1) is 11.3 Å². The third kappa shape index (κ3) is 2.24. The van der Waals surface area contributed by atoms with Gasteiger partial charge in [0, 0.05) is 16.5 Å². The number of hydrogen-bond donors (Lipinski definition) is 2. The molecule has 1 aliphatic rings. The Morgan fingerprint density at radius 3 is 3.05 bits per heavy atom. The Balaban J connectivity index is 2.02. The van der Waals surface area contributed by atoms with E-state index in [0.717, 1.165) is 35.5 Å². The number of benzene rings is 1. The fourth-order valence-electron chi connectivity index (χ4n) is 2.46. The number of aromatic hydroxyl groups is 1. The maximum absolute atomic E-state index is 13.4. The van der Waals surface area contributed by atoms with Gasteiger partial charge in [0.1, 0.15) is 5.01 Å². The van der Waals surface area contributed by atoms with Crippen molar-refractivity contribution < 1.29 is 9.50 Å². The van der Waals surface area contributed by atoms with Crippen LogP contribution in [0.15, 0.2) is 18.2 Å². The second kappa shape index (κ2) is 4.90. The van der Waals surface area contributed by atoms with E-state index in [1.165, 1.54) is 17.0 Å². The van der Waals surface area contributed by atoms with Crippen LogP contribution in [0.4, 0.5) is 4.39 Å². The van der Waals surface area contributed by atoms with E-state index in [-0.39, 0.29) is 5.75 Å². The lowest BCUT2D eigenvalue weighted by molar-refractivity contribution is 0.432. The number of aromatic nitrogens is 1. The highest BCUT2D eigenvalue weighted by molar-refractivity contribution is 7.15. The van der Waals surface area contributed by atoms with Gasteiger partial charge in [0.05, 0.1) is 5.69 Å². The van der Waals surface area contributed by atoms with E-state index in [4.69, 9.17) is 0 Å². The van der Waals surface area contributed by atoms with Crippen molar-refractivity contribution in [3.05, 3.63) is 34.6 Å². The van der Waals surface area contributed by atoms with Gasteiger partial charge in [-0.25, -0.2) is 9.37 Å². The lowest BCUT2D eigenvalue weighted by atomic mass is 9.98. The maximum Gasteiger partial charge on any atom is 0.165 e. The number of nitrogens with zero attached hydrogens (tertiary/aromatic N) is 1. The number of thiazole rings is 1. The molecule has 0 radical (unpaired) electrons. The lowest BCUT2D eigenvalue weighted by Crippen LogP contribution is -2.19. The molecule has 0 saturated carbocycles. The fourth-order valence-corrected chi connectivity index (χ4v) is 3.71. The van der Waals surface area contributed by atoms with Gasteiger partial charge in [-0.2, -0.15) is 0 Å². The average Bonchev–Trinajstić information content (AvgIpc) is 2.85. The van der Waals surface area contributed by atoms with E-state index < -0.39 is 5.82 Å². The van der Waals surface area contributed by atoms with Gasteiger partial charge in [-0.3, -0.25) is 0 Å². The predicted molar refractivity (Wildman–Crippen MR) is 73.9 cm³/mol. The highest BCUT2D eigenvalue weighted by atomic mass is 32.1. The van der Waals surface area contributed by atoms with Crippen LogP contribution in [0.5, 0.6) is 5.75 Å². The topological polar surface area (TPSA) is 45.2 Å². The highest BCUT2D eigenvalue weighted by Crippen LogP contribution is 2.38. The van der Waals surface area contributed by atoms with Crippen molar-refractivity contribution >= 4 is 11.3 Å². The van der Waals surface area contributed by atoms with E-state index in [1.807, 2.05) is 7.05 Å². The van der Waals surface area contributed by atoms with Gasteiger partial charge in [0.2, 0.25) is 0 Å². The zero-order valence-corrected chi connectivity index (χ0v) is 11.4. The molecule has 3 nitrogen and oxygen atoms in total. The van der Waals surface area contributed by atoms with Crippen molar-refractivity contribution in [2.75, 3.05) is 7.05 Å². The first-order chi connectivity index (χ1) is 9.19. The van der Waals surface area contributed by atoms with E-state index in [2.05, 4.69) is 10.3 Å². The Morgan fingerprint density at radius 2 is 2.32 bits per heavy atom. The minimum atomic E-state index is -0.601. The number of phenolic OH excluding ortho intramolecular Hbond substituents is 1. The molecular weight excluding hydrogens is 263 g/mol. The SMILES string of the molecule is CNC1CCCc2nc(-c3ccc(O)c(F)c3)sc21. The minimum absolute atomic E-state index is 0.321. The molecule has 19 heavy (non-hydrogen) atoms. The molecule has 0 amide bonds. The van der Waals surface area contributed by atoms with Crippen LogP contribution in [-0.4, -0.2) is 17.1 Å². The molecular formula is C14H15FN2OS. The number of fused-ring (bicyclic) bond motifs is 1. The predicted octanol–water partition coefficient (Wildman–Crippen LogP) is 3.25. The number of nitrogens with one attached hydrogen (secondary N) is 1. The first-order valence-corrected chi connectivity index (χ1v) is 7.16. The van der Waals surface area contributed by atoms with Crippen LogP contribution in [0.1, 0.15) is 29.5 Å². The van der Waals surface area contributed by atoms with Gasteiger partial charge < -0.3 is 10.4 Å². The molecule has 3 rings (SSSR count). The van der Waals surface area contributed by atoms with E-state index >= 15 is 0 Å². The highest BCUT2D eigenvalue weighted by Gasteiger charge is 2.23.